The number of carboxylic acids is 1. The molecule has 2 aliphatic rings. The normalized spacial score (nSPS) is 15.0. The summed E-state index contributed by atoms with van der Waals surface area (Å²) in [5.41, 5.74) is 0.743. The number of hydrogen-bond acceptors (Lipinski definition) is 12. The predicted octanol–water partition coefficient (Wildman–Crippen LogP) is 3.37. The molecule has 1 aliphatic heterocycles. The second kappa shape index (κ2) is 25.9. The van der Waals surface area contributed by atoms with Gasteiger partial charge in [0.2, 0.25) is 5.91 Å². The van der Waals surface area contributed by atoms with Crippen LogP contribution in [-0.2, 0) is 68.2 Å². The molecule has 346 valence electrons. The molecular formula is C46H64N4O13. The molecule has 0 bridgehead atoms. The zero-order chi connectivity index (χ0) is 45.8. The van der Waals surface area contributed by atoms with E-state index in [4.69, 9.17) is 18.9 Å². The number of carboxylic acid groups (broad SMARTS) is 1. The van der Waals surface area contributed by atoms with Crippen LogP contribution in [0.2, 0.25) is 0 Å². The summed E-state index contributed by atoms with van der Waals surface area (Å²) in [6.07, 6.45) is 10.3. The van der Waals surface area contributed by atoms with Crippen molar-refractivity contribution in [1.29, 1.82) is 0 Å². The molecular weight excluding hydrogens is 817 g/mol. The minimum absolute atomic E-state index is 0.0283. The maximum Gasteiger partial charge on any atom is 0.330 e. The minimum atomic E-state index is -1.13. The van der Waals surface area contributed by atoms with E-state index in [1.165, 1.54) is 23.8 Å². The topological polar surface area (TPSA) is 219 Å². The number of ketones is 2. The van der Waals surface area contributed by atoms with E-state index < -0.39 is 28.7 Å². The summed E-state index contributed by atoms with van der Waals surface area (Å²) in [6.45, 7) is 4.79. The van der Waals surface area contributed by atoms with Crippen molar-refractivity contribution in [3.05, 3.63) is 68.5 Å². The van der Waals surface area contributed by atoms with Crippen LogP contribution in [0.3, 0.4) is 0 Å². The number of ether oxygens (including phenoxy) is 4. The van der Waals surface area contributed by atoms with Crippen molar-refractivity contribution >= 4 is 35.3 Å². The maximum atomic E-state index is 13.7. The maximum absolute atomic E-state index is 13.7. The van der Waals surface area contributed by atoms with Crippen molar-refractivity contribution in [1.82, 2.24) is 19.4 Å². The van der Waals surface area contributed by atoms with Crippen LogP contribution in [0.1, 0.15) is 94.7 Å². The van der Waals surface area contributed by atoms with Gasteiger partial charge in [0.25, 0.3) is 17.4 Å². The quantitative estimate of drug-likeness (QED) is 0.0821. The van der Waals surface area contributed by atoms with Gasteiger partial charge in [-0.3, -0.25) is 38.2 Å². The van der Waals surface area contributed by atoms with Gasteiger partial charge in [0.05, 0.1) is 51.8 Å². The van der Waals surface area contributed by atoms with Gasteiger partial charge in [0, 0.05) is 82.6 Å². The highest BCUT2D eigenvalue weighted by atomic mass is 16.6. The second-order valence-electron chi connectivity index (χ2n) is 16.3. The molecule has 1 atom stereocenters. The van der Waals surface area contributed by atoms with Crippen molar-refractivity contribution < 1.29 is 52.8 Å². The number of nitrogens with one attached hydrogen (secondary N) is 1. The highest BCUT2D eigenvalue weighted by Gasteiger charge is 2.41. The number of aromatic nitrogens is 2. The number of aliphatic carboxylic acids is 1. The molecule has 1 aromatic heterocycles. The van der Waals surface area contributed by atoms with E-state index >= 15 is 0 Å². The summed E-state index contributed by atoms with van der Waals surface area (Å²) in [5, 5.41) is 12.9. The van der Waals surface area contributed by atoms with Gasteiger partial charge in [-0.15, -0.1) is 0 Å². The third-order valence-corrected chi connectivity index (χ3v) is 11.8. The van der Waals surface area contributed by atoms with Gasteiger partial charge in [0.15, 0.2) is 0 Å². The number of hydrogen-bond donors (Lipinski definition) is 2. The number of unbranched alkanes of at least 4 members (excludes halogenated alkanes) is 2. The van der Waals surface area contributed by atoms with Crippen LogP contribution in [0.4, 0.5) is 0 Å². The molecule has 1 aliphatic carbocycles. The van der Waals surface area contributed by atoms with Gasteiger partial charge in [-0.05, 0) is 50.2 Å². The van der Waals surface area contributed by atoms with Crippen molar-refractivity contribution in [2.45, 2.75) is 103 Å². The van der Waals surface area contributed by atoms with Crippen LogP contribution in [0.25, 0.3) is 11.1 Å². The Morgan fingerprint density at radius 2 is 1.25 bits per heavy atom. The third kappa shape index (κ3) is 15.6. The molecule has 1 saturated carbocycles. The molecule has 17 heteroatoms. The van der Waals surface area contributed by atoms with Gasteiger partial charge in [-0.2, -0.15) is 0 Å². The lowest BCUT2D eigenvalue weighted by atomic mass is 9.79. The van der Waals surface area contributed by atoms with Gasteiger partial charge in [-0.1, -0.05) is 49.9 Å². The molecule has 1 fully saturated rings. The van der Waals surface area contributed by atoms with E-state index in [0.29, 0.717) is 127 Å². The Kier molecular flexibility index (Phi) is 20.8. The standard InChI is InChI=1S/C46H64N4O13/c1-33-41(42(55)49(3)45(59)48(33)2)35-14-12-34(13-15-35)32-38(43(56)57)47-44(58)46(21-7-8-22-46)20-6-4-5-10-37(52)19-25-61-27-29-63-31-30-62-28-26-60-24-9-11-36(51)18-23-50-39(53)16-17-40(50)54/h12-17,38H,4-11,18-32H2,1-3H3,(H,47,58)(H,56,57)/t38-/m0/s1. The molecule has 2 aromatic rings. The summed E-state index contributed by atoms with van der Waals surface area (Å²) in [7, 11) is 3.03. The number of rotatable bonds is 31. The largest absolute Gasteiger partial charge is 0.480 e. The Bertz CT molecular complexity index is 2010. The van der Waals surface area contributed by atoms with Crippen LogP contribution in [-0.4, -0.2) is 120 Å². The zero-order valence-corrected chi connectivity index (χ0v) is 37.0. The fraction of sp³-hybridized carbons (Fsp3) is 0.609. The zero-order valence-electron chi connectivity index (χ0n) is 37.0. The smallest absolute Gasteiger partial charge is 0.330 e. The number of benzene rings is 1. The van der Waals surface area contributed by atoms with Crippen LogP contribution < -0.4 is 16.6 Å². The third-order valence-electron chi connectivity index (χ3n) is 11.8. The average Bonchev–Trinajstić information content (AvgIpc) is 3.88. The molecule has 0 spiro atoms. The lowest BCUT2D eigenvalue weighted by molar-refractivity contribution is -0.144. The molecule has 63 heavy (non-hydrogen) atoms. The van der Waals surface area contributed by atoms with Crippen molar-refractivity contribution in [3.63, 3.8) is 0 Å². The van der Waals surface area contributed by atoms with Crippen molar-refractivity contribution in [2.75, 3.05) is 59.4 Å². The molecule has 0 unspecified atom stereocenters. The Labute approximate surface area is 368 Å². The first-order valence-electron chi connectivity index (χ1n) is 22.0. The molecule has 1 aromatic carbocycles. The Morgan fingerprint density at radius 3 is 1.86 bits per heavy atom. The Morgan fingerprint density at radius 1 is 0.698 bits per heavy atom. The van der Waals surface area contributed by atoms with Crippen LogP contribution in [0.15, 0.2) is 46.0 Å². The Balaban J connectivity index is 1.01. The summed E-state index contributed by atoms with van der Waals surface area (Å²) >= 11 is 0. The van der Waals surface area contributed by atoms with E-state index in [1.54, 1.807) is 38.2 Å². The lowest BCUT2D eigenvalue weighted by Gasteiger charge is -2.29. The van der Waals surface area contributed by atoms with Crippen LogP contribution in [0.5, 0.6) is 0 Å². The lowest BCUT2D eigenvalue weighted by Crippen LogP contribution is -2.48. The first-order chi connectivity index (χ1) is 30.2. The first kappa shape index (κ1) is 50.5. The van der Waals surface area contributed by atoms with Gasteiger partial charge >= 0.3 is 11.7 Å². The van der Waals surface area contributed by atoms with Crippen molar-refractivity contribution in [2.24, 2.45) is 19.5 Å². The van der Waals surface area contributed by atoms with Gasteiger partial charge in [-0.25, -0.2) is 9.59 Å². The molecule has 17 nitrogen and oxygen atoms in total. The molecule has 3 amide bonds. The molecule has 0 radical (unpaired) electrons. The molecule has 4 rings (SSSR count). The highest BCUT2D eigenvalue weighted by Crippen LogP contribution is 2.43. The van der Waals surface area contributed by atoms with E-state index in [-0.39, 0.29) is 48.7 Å². The summed E-state index contributed by atoms with van der Waals surface area (Å²) < 4.78 is 24.5. The summed E-state index contributed by atoms with van der Waals surface area (Å²) in [5.74, 6) is -2.07. The molecule has 2 N–H and O–H groups in total. The summed E-state index contributed by atoms with van der Waals surface area (Å²) in [6, 6.07) is 5.80. The summed E-state index contributed by atoms with van der Waals surface area (Å²) in [4.78, 5) is 99.7. The van der Waals surface area contributed by atoms with Gasteiger partial charge in [0.1, 0.15) is 17.6 Å². The number of carbonyl (C=O) groups is 6. The fourth-order valence-electron chi connectivity index (χ4n) is 7.89. The van der Waals surface area contributed by atoms with E-state index in [0.717, 1.165) is 35.2 Å². The van der Waals surface area contributed by atoms with E-state index in [9.17, 15) is 43.5 Å². The highest BCUT2D eigenvalue weighted by molar-refractivity contribution is 6.13. The van der Waals surface area contributed by atoms with Crippen LogP contribution >= 0.6 is 0 Å². The van der Waals surface area contributed by atoms with Gasteiger partial charge < -0.3 is 33.9 Å². The number of Topliss-reactive ketones (excluding diaryl/α,β-unsaturated/α-hetero) is 2. The van der Waals surface area contributed by atoms with Crippen molar-refractivity contribution in [3.8, 4) is 11.1 Å². The number of nitrogens with zero attached hydrogens (tertiary/aromatic N) is 3. The second-order valence-corrected chi connectivity index (χ2v) is 16.3. The number of imide groups is 1. The predicted molar refractivity (Wildman–Crippen MR) is 232 cm³/mol. The first-order valence-corrected chi connectivity index (χ1v) is 22.0. The molecule has 2 heterocycles. The number of amides is 3. The van der Waals surface area contributed by atoms with E-state index in [2.05, 4.69) is 5.32 Å². The SMILES string of the molecule is Cc1c(-c2ccc(C[C@H](NC(=O)C3(CCCCCC(=O)CCOCCOCCOCCOCCCC(=O)CCN4C(=O)C=CC4=O)CCCC3)C(=O)O)cc2)c(=O)n(C)c(=O)n1C. The Hall–Kier alpha value is -5.10. The minimum Gasteiger partial charge on any atom is -0.480 e. The average molecular weight is 881 g/mol. The van der Waals surface area contributed by atoms with Crippen LogP contribution in [0, 0.1) is 12.3 Å². The number of carbonyl (C=O) groups excluding carboxylic acids is 5. The fourth-order valence-corrected chi connectivity index (χ4v) is 7.89. The monoisotopic (exact) mass is 880 g/mol. The molecule has 0 saturated heterocycles. The van der Waals surface area contributed by atoms with E-state index in [1.807, 2.05) is 0 Å².